The summed E-state index contributed by atoms with van der Waals surface area (Å²) in [5.74, 6) is 0. The maximum absolute atomic E-state index is 12.7. The van der Waals surface area contributed by atoms with Crippen LogP contribution in [0.2, 0.25) is 0 Å². The predicted octanol–water partition coefficient (Wildman–Crippen LogP) is 1.38. The summed E-state index contributed by atoms with van der Waals surface area (Å²) in [7, 11) is -3.41. The maximum atomic E-state index is 12.7. The SMILES string of the molecule is O=S(=O)(c1cccnc1)N1CCCCC1CNC1CC1. The van der Waals surface area contributed by atoms with Crippen LogP contribution in [-0.2, 0) is 10.0 Å². The summed E-state index contributed by atoms with van der Waals surface area (Å²) >= 11 is 0. The van der Waals surface area contributed by atoms with Crippen molar-refractivity contribution in [1.29, 1.82) is 0 Å². The highest BCUT2D eigenvalue weighted by Gasteiger charge is 2.34. The van der Waals surface area contributed by atoms with Crippen molar-refractivity contribution < 1.29 is 8.42 Å². The number of piperidine rings is 1. The predicted molar refractivity (Wildman–Crippen MR) is 76.8 cm³/mol. The lowest BCUT2D eigenvalue weighted by Crippen LogP contribution is -2.48. The molecule has 0 radical (unpaired) electrons. The number of pyridine rings is 1. The molecule has 6 heteroatoms. The summed E-state index contributed by atoms with van der Waals surface area (Å²) in [6, 6.07) is 3.99. The summed E-state index contributed by atoms with van der Waals surface area (Å²) in [4.78, 5) is 4.24. The second-order valence-corrected chi connectivity index (χ2v) is 7.53. The maximum Gasteiger partial charge on any atom is 0.244 e. The molecule has 2 fully saturated rings. The second-order valence-electron chi connectivity index (χ2n) is 5.64. The zero-order valence-corrected chi connectivity index (χ0v) is 12.3. The smallest absolute Gasteiger partial charge is 0.244 e. The minimum atomic E-state index is -3.41. The van der Waals surface area contributed by atoms with Gasteiger partial charge in [-0.15, -0.1) is 0 Å². The topological polar surface area (TPSA) is 62.3 Å². The number of aromatic nitrogens is 1. The Hall–Kier alpha value is -0.980. The number of sulfonamides is 1. The summed E-state index contributed by atoms with van der Waals surface area (Å²) in [6.45, 7) is 1.39. The highest BCUT2D eigenvalue weighted by atomic mass is 32.2. The van der Waals surface area contributed by atoms with Crippen molar-refractivity contribution in [2.24, 2.45) is 0 Å². The van der Waals surface area contributed by atoms with Crippen molar-refractivity contribution in [2.45, 2.75) is 49.1 Å². The number of hydrogen-bond donors (Lipinski definition) is 1. The van der Waals surface area contributed by atoms with E-state index in [0.717, 1.165) is 25.8 Å². The van der Waals surface area contributed by atoms with Gasteiger partial charge < -0.3 is 5.32 Å². The van der Waals surface area contributed by atoms with E-state index >= 15 is 0 Å². The monoisotopic (exact) mass is 295 g/mol. The number of hydrogen-bond acceptors (Lipinski definition) is 4. The molecule has 1 unspecified atom stereocenters. The average molecular weight is 295 g/mol. The minimum Gasteiger partial charge on any atom is -0.312 e. The van der Waals surface area contributed by atoms with Crippen LogP contribution in [0.25, 0.3) is 0 Å². The fourth-order valence-corrected chi connectivity index (χ4v) is 4.38. The van der Waals surface area contributed by atoms with Gasteiger partial charge in [0.05, 0.1) is 0 Å². The van der Waals surface area contributed by atoms with E-state index in [1.54, 1.807) is 22.6 Å². The van der Waals surface area contributed by atoms with Crippen LogP contribution in [0.3, 0.4) is 0 Å². The van der Waals surface area contributed by atoms with Crippen molar-refractivity contribution in [3.8, 4) is 0 Å². The van der Waals surface area contributed by atoms with E-state index in [-0.39, 0.29) is 6.04 Å². The van der Waals surface area contributed by atoms with E-state index in [1.807, 2.05) is 0 Å². The van der Waals surface area contributed by atoms with E-state index in [0.29, 0.717) is 17.5 Å². The van der Waals surface area contributed by atoms with Gasteiger partial charge in [0.2, 0.25) is 10.0 Å². The van der Waals surface area contributed by atoms with Crippen LogP contribution in [0.5, 0.6) is 0 Å². The zero-order valence-electron chi connectivity index (χ0n) is 11.5. The molecule has 1 aliphatic carbocycles. The first-order valence-electron chi connectivity index (χ1n) is 7.33. The summed E-state index contributed by atoms with van der Waals surface area (Å²) in [6.07, 6.45) is 8.48. The molecule has 2 aliphatic rings. The van der Waals surface area contributed by atoms with Gasteiger partial charge in [-0.25, -0.2) is 8.42 Å². The molecule has 1 N–H and O–H groups in total. The molecule has 0 bridgehead atoms. The average Bonchev–Trinajstić information content (AvgIpc) is 3.30. The van der Waals surface area contributed by atoms with Crippen molar-refractivity contribution in [1.82, 2.24) is 14.6 Å². The lowest BCUT2D eigenvalue weighted by molar-refractivity contribution is 0.245. The largest absolute Gasteiger partial charge is 0.312 e. The van der Waals surface area contributed by atoms with Gasteiger partial charge in [-0.3, -0.25) is 4.98 Å². The Bertz CT molecular complexity index is 543. The van der Waals surface area contributed by atoms with Crippen molar-refractivity contribution in [3.05, 3.63) is 24.5 Å². The summed E-state index contributed by atoms with van der Waals surface area (Å²) in [5, 5.41) is 3.46. The third-order valence-corrected chi connectivity index (χ3v) is 5.97. The number of nitrogens with zero attached hydrogens (tertiary/aromatic N) is 2. The van der Waals surface area contributed by atoms with Crippen LogP contribution < -0.4 is 5.32 Å². The van der Waals surface area contributed by atoms with Gasteiger partial charge in [-0.2, -0.15) is 4.31 Å². The molecule has 110 valence electrons. The van der Waals surface area contributed by atoms with Gasteiger partial charge in [-0.05, 0) is 37.8 Å². The summed E-state index contributed by atoms with van der Waals surface area (Å²) in [5.41, 5.74) is 0. The third kappa shape index (κ3) is 3.02. The molecule has 5 nitrogen and oxygen atoms in total. The Morgan fingerprint density at radius 3 is 2.85 bits per heavy atom. The molecular weight excluding hydrogens is 274 g/mol. The van der Waals surface area contributed by atoms with Crippen LogP contribution in [0, 0.1) is 0 Å². The Morgan fingerprint density at radius 1 is 1.30 bits per heavy atom. The van der Waals surface area contributed by atoms with Crippen LogP contribution >= 0.6 is 0 Å². The van der Waals surface area contributed by atoms with Crippen LogP contribution in [-0.4, -0.2) is 42.9 Å². The first-order chi connectivity index (χ1) is 9.68. The molecule has 1 aromatic heterocycles. The van der Waals surface area contributed by atoms with Crippen LogP contribution in [0.1, 0.15) is 32.1 Å². The molecule has 20 heavy (non-hydrogen) atoms. The van der Waals surface area contributed by atoms with Gasteiger partial charge in [0.15, 0.2) is 0 Å². The van der Waals surface area contributed by atoms with Gasteiger partial charge in [0.1, 0.15) is 4.90 Å². The molecule has 1 saturated heterocycles. The van der Waals surface area contributed by atoms with Gasteiger partial charge in [0, 0.05) is 37.6 Å². The molecule has 3 rings (SSSR count). The Labute approximate surface area is 120 Å². The van der Waals surface area contributed by atoms with Crippen molar-refractivity contribution in [2.75, 3.05) is 13.1 Å². The van der Waals surface area contributed by atoms with Crippen molar-refractivity contribution in [3.63, 3.8) is 0 Å². The van der Waals surface area contributed by atoms with Crippen LogP contribution in [0.15, 0.2) is 29.4 Å². The molecule has 2 heterocycles. The van der Waals surface area contributed by atoms with Gasteiger partial charge in [-0.1, -0.05) is 6.42 Å². The highest BCUT2D eigenvalue weighted by Crippen LogP contribution is 2.26. The normalized spacial score (nSPS) is 24.7. The number of nitrogens with one attached hydrogen (secondary N) is 1. The molecule has 0 aromatic carbocycles. The highest BCUT2D eigenvalue weighted by molar-refractivity contribution is 7.89. The lowest BCUT2D eigenvalue weighted by Gasteiger charge is -2.34. The Morgan fingerprint density at radius 2 is 2.15 bits per heavy atom. The fraction of sp³-hybridized carbons (Fsp3) is 0.643. The first kappa shape index (κ1) is 14.0. The van der Waals surface area contributed by atoms with E-state index in [9.17, 15) is 8.42 Å². The molecule has 0 spiro atoms. The van der Waals surface area contributed by atoms with E-state index < -0.39 is 10.0 Å². The number of rotatable bonds is 5. The molecule has 1 aliphatic heterocycles. The zero-order chi connectivity index (χ0) is 14.0. The lowest BCUT2D eigenvalue weighted by atomic mass is 10.1. The summed E-state index contributed by atoms with van der Waals surface area (Å²) < 4.78 is 27.1. The molecular formula is C14H21N3O2S. The van der Waals surface area contributed by atoms with E-state index in [4.69, 9.17) is 0 Å². The second kappa shape index (κ2) is 5.79. The molecule has 1 aromatic rings. The van der Waals surface area contributed by atoms with E-state index in [2.05, 4.69) is 10.3 Å². The van der Waals surface area contributed by atoms with Crippen molar-refractivity contribution >= 4 is 10.0 Å². The minimum absolute atomic E-state index is 0.0783. The van der Waals surface area contributed by atoms with Gasteiger partial charge in [0.25, 0.3) is 0 Å². The molecule has 1 atom stereocenters. The fourth-order valence-electron chi connectivity index (χ4n) is 2.72. The van der Waals surface area contributed by atoms with Crippen LogP contribution in [0.4, 0.5) is 0 Å². The standard InChI is InChI=1S/C14H21N3O2S/c18-20(19,14-5-3-8-15-11-14)17-9-2-1-4-13(17)10-16-12-6-7-12/h3,5,8,11-13,16H,1-2,4,6-7,9-10H2. The Balaban J connectivity index is 1.77. The van der Waals surface area contributed by atoms with Gasteiger partial charge >= 0.3 is 0 Å². The molecule has 0 amide bonds. The van der Waals surface area contributed by atoms with E-state index in [1.165, 1.54) is 19.0 Å². The third-order valence-electron chi connectivity index (χ3n) is 4.03. The quantitative estimate of drug-likeness (QED) is 0.891. The Kier molecular flexibility index (Phi) is 4.05. The first-order valence-corrected chi connectivity index (χ1v) is 8.77. The molecule has 1 saturated carbocycles.